The van der Waals surface area contributed by atoms with Gasteiger partial charge in [0.25, 0.3) is 0 Å². The Morgan fingerprint density at radius 3 is 0.430 bits per heavy atom. The molecule has 0 saturated heterocycles. The van der Waals surface area contributed by atoms with Gasteiger partial charge in [-0.1, -0.05) is 364 Å². The van der Waals surface area contributed by atoms with Gasteiger partial charge >= 0.3 is 58.4 Å². The fourth-order valence-electron chi connectivity index (χ4n) is 19.4. The molecule has 25 rings (SSSR count). The smallest absolute Gasteiger partial charge is 0.657 e. The Hall–Kier alpha value is -16.1. The SMILES string of the molecule is C1=Cc2nc1c(-c1ccccc1)c1ccc([n-]1)c(-c1ccccc1)c1nc(c(-c3ccccc3)c3[n-]c(cc3-c3c4nc(c(-c5ccccc5)c5ccc([n-]5)c(-c5cc6[n-]c5c(-c5ccccc5)c5nc(c(-c7ccccc7)c7ccc([n-]7)c(-c7ccccc7)c7nc(c6-c6ccccc6)C=C7)C=C5)c5nc(c(-c6ccccc6)c6ccc3[n-]6)C=C5)C=C4)c2-c2ccccc2)C=C1.[Zn+2].[Zn+2].[Zn+2]. The summed E-state index contributed by atoms with van der Waals surface area (Å²) in [6.45, 7) is 0. The summed E-state index contributed by atoms with van der Waals surface area (Å²) in [7, 11) is 0. The van der Waals surface area contributed by atoms with Crippen molar-refractivity contribution < 1.29 is 58.4 Å². The zero-order valence-electron chi connectivity index (χ0n) is 73.1. The third-order valence-electron chi connectivity index (χ3n) is 25.2. The average Bonchev–Trinajstić information content (AvgIpc) is 1.59. The molecule has 618 valence electrons. The Morgan fingerprint density at radius 2 is 0.259 bits per heavy atom. The minimum Gasteiger partial charge on any atom is -0.657 e. The van der Waals surface area contributed by atoms with E-state index in [1.165, 1.54) is 0 Å². The van der Waals surface area contributed by atoms with Gasteiger partial charge in [-0.2, -0.15) is 0 Å². The van der Waals surface area contributed by atoms with E-state index >= 15 is 0 Å². The summed E-state index contributed by atoms with van der Waals surface area (Å²) in [5.41, 5.74) is 37.9. The monoisotopic (exact) mass is 1870 g/mol. The van der Waals surface area contributed by atoms with Crippen LogP contribution in [0.3, 0.4) is 0 Å². The molecule has 0 amide bonds. The van der Waals surface area contributed by atoms with Crippen LogP contribution < -0.4 is 29.9 Å². The number of hydrogen-bond acceptors (Lipinski definition) is 6. The van der Waals surface area contributed by atoms with Crippen molar-refractivity contribution in [3.05, 3.63) is 432 Å². The molecule has 19 aromatic rings. The van der Waals surface area contributed by atoms with Crippen LogP contribution in [0.1, 0.15) is 68.3 Å². The fraction of sp³-hybridized carbons (Fsp3) is 0. The Balaban J connectivity index is 0.00000353. The van der Waals surface area contributed by atoms with Crippen LogP contribution in [0.2, 0.25) is 0 Å². The van der Waals surface area contributed by atoms with Crippen LogP contribution in [-0.2, 0) is 58.4 Å². The van der Waals surface area contributed by atoms with Crippen LogP contribution in [0.5, 0.6) is 0 Å². The number of fused-ring (bicyclic) bond motifs is 24. The summed E-state index contributed by atoms with van der Waals surface area (Å²) >= 11 is 0. The largest absolute Gasteiger partial charge is 2.00 e. The summed E-state index contributed by atoms with van der Waals surface area (Å²) in [6, 6.07) is 126. The normalized spacial score (nSPS) is 12.1. The third-order valence-corrected chi connectivity index (χ3v) is 25.2. The van der Waals surface area contributed by atoms with E-state index in [0.717, 1.165) is 190 Å². The summed E-state index contributed by atoms with van der Waals surface area (Å²) in [5, 5.41) is 0. The molecule has 0 spiro atoms. The summed E-state index contributed by atoms with van der Waals surface area (Å²) in [4.78, 5) is 70.4. The minimum absolute atomic E-state index is 0. The number of rotatable bonds is 12. The first-order valence-electron chi connectivity index (χ1n) is 44.2. The molecule has 0 aliphatic carbocycles. The van der Waals surface area contributed by atoms with Gasteiger partial charge in [0.15, 0.2) is 0 Å². The van der Waals surface area contributed by atoms with Gasteiger partial charge in [-0.25, -0.2) is 29.9 Å². The molecular formula is C120H72N12Zn3. The van der Waals surface area contributed by atoms with E-state index in [1.807, 2.05) is 48.5 Å². The van der Waals surface area contributed by atoms with E-state index in [2.05, 4.69) is 388 Å². The second kappa shape index (κ2) is 35.9. The van der Waals surface area contributed by atoms with Crippen molar-refractivity contribution in [1.29, 1.82) is 0 Å². The molecule has 15 heterocycles. The van der Waals surface area contributed by atoms with Crippen molar-refractivity contribution in [3.63, 3.8) is 0 Å². The second-order valence-corrected chi connectivity index (χ2v) is 33.1. The third kappa shape index (κ3) is 15.3. The Labute approximate surface area is 816 Å². The van der Waals surface area contributed by atoms with Crippen LogP contribution in [0.15, 0.2) is 364 Å². The molecule has 0 atom stereocenters. The molecular weight excluding hydrogens is 1810 g/mol. The molecule has 10 aromatic carbocycles. The van der Waals surface area contributed by atoms with Crippen LogP contribution in [-0.4, -0.2) is 29.9 Å². The van der Waals surface area contributed by atoms with E-state index in [4.69, 9.17) is 59.8 Å². The van der Waals surface area contributed by atoms with E-state index in [0.29, 0.717) is 78.3 Å². The van der Waals surface area contributed by atoms with Crippen molar-refractivity contribution in [3.8, 4) is 134 Å². The fourth-order valence-corrected chi connectivity index (χ4v) is 19.4. The van der Waals surface area contributed by atoms with Gasteiger partial charge in [-0.05, 0) is 206 Å². The van der Waals surface area contributed by atoms with E-state index < -0.39 is 0 Å². The first-order valence-corrected chi connectivity index (χ1v) is 44.2. The number of aromatic nitrogens is 12. The quantitative estimate of drug-likeness (QED) is 0.107. The first kappa shape index (κ1) is 84.4. The summed E-state index contributed by atoms with van der Waals surface area (Å²) in [5.74, 6) is 0. The minimum atomic E-state index is 0. The molecule has 0 fully saturated rings. The van der Waals surface area contributed by atoms with Gasteiger partial charge < -0.3 is 29.9 Å². The van der Waals surface area contributed by atoms with Crippen molar-refractivity contribution in [2.24, 2.45) is 0 Å². The van der Waals surface area contributed by atoms with Gasteiger partial charge in [-0.3, -0.25) is 0 Å². The predicted molar refractivity (Wildman–Crippen MR) is 543 cm³/mol. The average molecular weight is 1880 g/mol. The Morgan fingerprint density at radius 1 is 0.126 bits per heavy atom. The summed E-state index contributed by atoms with van der Waals surface area (Å²) < 4.78 is 0. The van der Waals surface area contributed by atoms with Crippen LogP contribution in [0.4, 0.5) is 0 Å². The topological polar surface area (TPSA) is 162 Å². The molecule has 6 aliphatic heterocycles. The predicted octanol–water partition coefficient (Wildman–Crippen LogP) is 28.4. The maximum Gasteiger partial charge on any atom is 2.00 e. The van der Waals surface area contributed by atoms with Crippen molar-refractivity contribution >= 4 is 139 Å². The molecule has 0 unspecified atom stereocenters. The maximum absolute atomic E-state index is 6.10. The number of hydrogen-bond donors (Lipinski definition) is 0. The molecule has 0 saturated carbocycles. The van der Waals surface area contributed by atoms with Crippen molar-refractivity contribution in [2.75, 3.05) is 0 Å². The zero-order valence-corrected chi connectivity index (χ0v) is 82.0. The zero-order chi connectivity index (χ0) is 87.1. The van der Waals surface area contributed by atoms with Gasteiger partial charge in [-0.15, -0.1) is 66.2 Å². The number of nitrogens with zero attached hydrogens (tertiary/aromatic N) is 12. The van der Waals surface area contributed by atoms with Crippen molar-refractivity contribution in [1.82, 2.24) is 59.8 Å². The Kier molecular flexibility index (Phi) is 22.4. The molecule has 6 aliphatic rings. The van der Waals surface area contributed by atoms with E-state index in [9.17, 15) is 0 Å². The number of benzene rings is 10. The van der Waals surface area contributed by atoms with Gasteiger partial charge in [0, 0.05) is 0 Å². The van der Waals surface area contributed by atoms with Crippen LogP contribution >= 0.6 is 0 Å². The van der Waals surface area contributed by atoms with E-state index in [-0.39, 0.29) is 58.4 Å². The van der Waals surface area contributed by atoms with Gasteiger partial charge in [0.1, 0.15) is 0 Å². The van der Waals surface area contributed by atoms with Crippen LogP contribution in [0.25, 0.3) is 273 Å². The molecule has 0 N–H and O–H groups in total. The molecule has 12 nitrogen and oxygen atoms in total. The molecule has 24 bridgehead atoms. The molecule has 0 radical (unpaired) electrons. The van der Waals surface area contributed by atoms with Crippen LogP contribution in [0, 0.1) is 0 Å². The molecule has 15 heteroatoms. The van der Waals surface area contributed by atoms with Gasteiger partial charge in [0.05, 0.1) is 68.3 Å². The van der Waals surface area contributed by atoms with Crippen molar-refractivity contribution in [2.45, 2.75) is 0 Å². The standard InChI is InChI=1S/C120H72N12.3Zn/c1-11-31-73(32-12-1)107-85-51-53-87(121-85)109(75-35-15-3-16-36-75)91-59-65-99(125-91)115(81-47-27-9-28-48-81)119-83(71-105(131-119)113(79-43-23-7-24-44-79)97-57-55-89(107)123-97)117-101-67-61-93(127-101)111(77-39-19-5-20-40-77)95-63-69-103(129-95)118(104-70-64-96(130-104)112(78-41-21-6-22-42-78)94-62-68-102(117)128-94)84-72-106-114(80-45-25-8-26-46-80)98-58-56-90(124-98)108(74-33-13-2-14-34-74)86-52-54-88(122-86)110(76-37-17-4-18-38-76)92-60-66-100(126-92)116(120(84)132-106)82-49-29-10-30-50-82;;;/h1-72H;;;/q-6;3*+2. The maximum atomic E-state index is 6.10. The first-order chi connectivity index (χ1) is 65.4. The molecule has 135 heavy (non-hydrogen) atoms. The second-order valence-electron chi connectivity index (χ2n) is 33.1. The Bertz CT molecular complexity index is 8190. The van der Waals surface area contributed by atoms with E-state index in [1.54, 1.807) is 0 Å². The van der Waals surface area contributed by atoms with Gasteiger partial charge in [0.2, 0.25) is 0 Å². The molecule has 9 aromatic heterocycles. The summed E-state index contributed by atoms with van der Waals surface area (Å²) in [6.07, 6.45) is 25.5.